The van der Waals surface area contributed by atoms with Crippen LogP contribution in [0.5, 0.6) is 0 Å². The van der Waals surface area contributed by atoms with E-state index < -0.39 is 11.5 Å². The lowest BCUT2D eigenvalue weighted by Gasteiger charge is -2.05. The van der Waals surface area contributed by atoms with Crippen LogP contribution in [-0.2, 0) is 0 Å². The molecule has 1 N–H and O–H groups in total. The van der Waals surface area contributed by atoms with Gasteiger partial charge in [0.25, 0.3) is 11.5 Å². The van der Waals surface area contributed by atoms with Gasteiger partial charge in [0.05, 0.1) is 0 Å². The van der Waals surface area contributed by atoms with Gasteiger partial charge in [-0.2, -0.15) is 0 Å². The lowest BCUT2D eigenvalue weighted by molar-refractivity contribution is 0.102. The molecule has 0 unspecified atom stereocenters. The lowest BCUT2D eigenvalue weighted by atomic mass is 10.3. The van der Waals surface area contributed by atoms with Crippen molar-refractivity contribution in [1.29, 1.82) is 0 Å². The van der Waals surface area contributed by atoms with Crippen LogP contribution in [0.1, 0.15) is 27.4 Å². The van der Waals surface area contributed by atoms with E-state index in [9.17, 15) is 9.59 Å². The fourth-order valence-electron chi connectivity index (χ4n) is 2.13. The second kappa shape index (κ2) is 5.30. The zero-order valence-electron chi connectivity index (χ0n) is 12.2. The molecule has 0 aromatic carbocycles. The number of hydrogen-bond acceptors (Lipinski definition) is 6. The van der Waals surface area contributed by atoms with Crippen molar-refractivity contribution < 1.29 is 4.79 Å². The van der Waals surface area contributed by atoms with Gasteiger partial charge in [-0.1, -0.05) is 0 Å². The van der Waals surface area contributed by atoms with E-state index in [1.165, 1.54) is 21.9 Å². The first kappa shape index (κ1) is 14.3. The number of rotatable bonds is 2. The molecule has 8 heteroatoms. The highest BCUT2D eigenvalue weighted by molar-refractivity contribution is 7.15. The molecule has 0 aliphatic heterocycles. The molecule has 0 saturated heterocycles. The predicted molar refractivity (Wildman–Crippen MR) is 83.5 cm³/mol. The number of nitrogens with one attached hydrogen (secondary N) is 1. The largest absolute Gasteiger partial charge is 0.290 e. The Morgan fingerprint density at radius 3 is 2.59 bits per heavy atom. The zero-order chi connectivity index (χ0) is 15.9. The molecule has 112 valence electrons. The summed E-state index contributed by atoms with van der Waals surface area (Å²) in [5, 5.41) is 4.36. The van der Waals surface area contributed by atoms with Crippen LogP contribution in [0, 0.1) is 20.8 Å². The summed E-state index contributed by atoms with van der Waals surface area (Å²) < 4.78 is 1.42. The molecule has 3 heterocycles. The van der Waals surface area contributed by atoms with Gasteiger partial charge < -0.3 is 0 Å². The molecule has 0 spiro atoms. The topological polar surface area (TPSA) is 89.3 Å². The third-order valence-electron chi connectivity index (χ3n) is 3.07. The Kier molecular flexibility index (Phi) is 3.45. The van der Waals surface area contributed by atoms with Gasteiger partial charge in [-0.3, -0.25) is 19.3 Å². The standard InChI is InChI=1S/C14H13N5O2S/c1-7-4-8(2)17-13(16-7)18-11(20)10-5-15-14-19(12(10)21)9(3)6-22-14/h4-6H,1-3H3,(H,16,17,18,20). The van der Waals surface area contributed by atoms with Crippen molar-refractivity contribution in [2.45, 2.75) is 20.8 Å². The molecule has 7 nitrogen and oxygen atoms in total. The van der Waals surface area contributed by atoms with Crippen LogP contribution in [0.4, 0.5) is 5.95 Å². The van der Waals surface area contributed by atoms with E-state index in [4.69, 9.17) is 0 Å². The van der Waals surface area contributed by atoms with Gasteiger partial charge in [-0.15, -0.1) is 11.3 Å². The number of hydrogen-bond donors (Lipinski definition) is 1. The summed E-state index contributed by atoms with van der Waals surface area (Å²) in [5.41, 5.74) is 1.78. The number of aromatic nitrogens is 4. The van der Waals surface area contributed by atoms with Gasteiger partial charge in [0.2, 0.25) is 5.95 Å². The van der Waals surface area contributed by atoms with Crippen molar-refractivity contribution in [3.63, 3.8) is 0 Å². The molecule has 22 heavy (non-hydrogen) atoms. The Morgan fingerprint density at radius 1 is 1.23 bits per heavy atom. The van der Waals surface area contributed by atoms with E-state index in [1.54, 1.807) is 13.0 Å². The maximum absolute atomic E-state index is 12.4. The van der Waals surface area contributed by atoms with Crippen LogP contribution >= 0.6 is 11.3 Å². The minimum Gasteiger partial charge on any atom is -0.290 e. The Bertz CT molecular complexity index is 924. The van der Waals surface area contributed by atoms with Gasteiger partial charge >= 0.3 is 0 Å². The maximum atomic E-state index is 12.4. The van der Waals surface area contributed by atoms with Crippen molar-refractivity contribution in [3.05, 3.63) is 50.6 Å². The van der Waals surface area contributed by atoms with E-state index in [-0.39, 0.29) is 11.5 Å². The van der Waals surface area contributed by atoms with Gasteiger partial charge in [-0.05, 0) is 26.8 Å². The molecule has 0 bridgehead atoms. The fraction of sp³-hybridized carbons (Fsp3) is 0.214. The zero-order valence-corrected chi connectivity index (χ0v) is 13.1. The van der Waals surface area contributed by atoms with Crippen molar-refractivity contribution in [2.24, 2.45) is 0 Å². The first-order valence-electron chi connectivity index (χ1n) is 6.55. The number of amides is 1. The molecule has 0 atom stereocenters. The highest BCUT2D eigenvalue weighted by Crippen LogP contribution is 2.11. The van der Waals surface area contributed by atoms with Gasteiger partial charge in [0, 0.05) is 28.7 Å². The highest BCUT2D eigenvalue weighted by Gasteiger charge is 2.16. The molecular formula is C14H13N5O2S. The smallest absolute Gasteiger partial charge is 0.271 e. The summed E-state index contributed by atoms with van der Waals surface area (Å²) in [5.74, 6) is -0.392. The number of carbonyl (C=O) groups excluding carboxylic acids is 1. The van der Waals surface area contributed by atoms with E-state index in [1.807, 2.05) is 19.2 Å². The minimum atomic E-state index is -0.567. The number of carbonyl (C=O) groups is 1. The number of nitrogens with zero attached hydrogens (tertiary/aromatic N) is 4. The molecule has 3 aromatic heterocycles. The molecule has 0 radical (unpaired) electrons. The Labute approximate surface area is 129 Å². The lowest BCUT2D eigenvalue weighted by Crippen LogP contribution is -2.27. The minimum absolute atomic E-state index is 0.0400. The Morgan fingerprint density at radius 2 is 1.91 bits per heavy atom. The number of fused-ring (bicyclic) bond motifs is 1. The first-order valence-corrected chi connectivity index (χ1v) is 7.43. The normalized spacial score (nSPS) is 10.9. The van der Waals surface area contributed by atoms with E-state index in [2.05, 4.69) is 20.3 Å². The average molecular weight is 315 g/mol. The molecule has 3 rings (SSSR count). The van der Waals surface area contributed by atoms with Crippen LogP contribution in [-0.4, -0.2) is 25.3 Å². The SMILES string of the molecule is Cc1cc(C)nc(NC(=O)c2cnc3scc(C)n3c2=O)n1. The van der Waals surface area contributed by atoms with E-state index in [0.29, 0.717) is 4.96 Å². The van der Waals surface area contributed by atoms with Gasteiger partial charge in [-0.25, -0.2) is 15.0 Å². The molecule has 0 aliphatic rings. The highest BCUT2D eigenvalue weighted by atomic mass is 32.1. The second-order valence-corrected chi connectivity index (χ2v) is 5.74. The first-order chi connectivity index (χ1) is 10.5. The van der Waals surface area contributed by atoms with Crippen molar-refractivity contribution in [2.75, 3.05) is 5.32 Å². The summed E-state index contributed by atoms with van der Waals surface area (Å²) in [6, 6.07) is 1.80. The molecular weight excluding hydrogens is 302 g/mol. The Hall–Kier alpha value is -2.61. The molecule has 0 fully saturated rings. The van der Waals surface area contributed by atoms with Crippen molar-refractivity contribution in [3.8, 4) is 0 Å². The van der Waals surface area contributed by atoms with E-state index in [0.717, 1.165) is 17.1 Å². The van der Waals surface area contributed by atoms with E-state index >= 15 is 0 Å². The predicted octanol–water partition coefficient (Wildman–Crippen LogP) is 1.72. The average Bonchev–Trinajstić information content (AvgIpc) is 2.80. The van der Waals surface area contributed by atoms with Crippen LogP contribution in [0.15, 0.2) is 22.4 Å². The van der Waals surface area contributed by atoms with Crippen LogP contribution < -0.4 is 10.9 Å². The fourth-order valence-corrected chi connectivity index (χ4v) is 2.96. The summed E-state index contributed by atoms with van der Waals surface area (Å²) in [6.45, 7) is 5.41. The molecule has 3 aromatic rings. The van der Waals surface area contributed by atoms with Crippen LogP contribution in [0.3, 0.4) is 0 Å². The van der Waals surface area contributed by atoms with Gasteiger partial charge in [0.1, 0.15) is 5.56 Å². The third-order valence-corrected chi connectivity index (χ3v) is 4.03. The summed E-state index contributed by atoms with van der Waals surface area (Å²) in [7, 11) is 0. The number of anilines is 1. The maximum Gasteiger partial charge on any atom is 0.271 e. The van der Waals surface area contributed by atoms with Crippen molar-refractivity contribution >= 4 is 28.2 Å². The summed E-state index contributed by atoms with van der Waals surface area (Å²) >= 11 is 1.35. The molecule has 0 aliphatic carbocycles. The second-order valence-electron chi connectivity index (χ2n) is 4.90. The van der Waals surface area contributed by atoms with Crippen molar-refractivity contribution in [1.82, 2.24) is 19.4 Å². The molecule has 1 amide bonds. The number of aryl methyl sites for hydroxylation is 3. The summed E-state index contributed by atoms with van der Waals surface area (Å²) in [4.78, 5) is 37.7. The van der Waals surface area contributed by atoms with Crippen LogP contribution in [0.25, 0.3) is 4.96 Å². The molecule has 0 saturated carbocycles. The monoisotopic (exact) mass is 315 g/mol. The number of thiazole rings is 1. The third kappa shape index (κ3) is 2.48. The Balaban J connectivity index is 2.00. The quantitative estimate of drug-likeness (QED) is 0.778. The van der Waals surface area contributed by atoms with Gasteiger partial charge in [0.15, 0.2) is 4.96 Å². The summed E-state index contributed by atoms with van der Waals surface area (Å²) in [6.07, 6.45) is 1.28. The van der Waals surface area contributed by atoms with Crippen LogP contribution in [0.2, 0.25) is 0 Å².